The fourth-order valence-electron chi connectivity index (χ4n) is 2.32. The van der Waals surface area contributed by atoms with E-state index in [1.807, 2.05) is 24.3 Å². The van der Waals surface area contributed by atoms with Gasteiger partial charge in [-0.3, -0.25) is 9.53 Å². The van der Waals surface area contributed by atoms with Crippen molar-refractivity contribution in [3.63, 3.8) is 0 Å². The SMILES string of the molecule is N#CC1(c2ccccc2)OOC(Cc2ccccc2C=O)O1. The van der Waals surface area contributed by atoms with Gasteiger partial charge in [-0.2, -0.15) is 15.0 Å². The maximum Gasteiger partial charge on any atom is 0.318 e. The van der Waals surface area contributed by atoms with Gasteiger partial charge >= 0.3 is 5.79 Å². The molecule has 0 bridgehead atoms. The highest BCUT2D eigenvalue weighted by Crippen LogP contribution is 2.35. The Morgan fingerprint density at radius 1 is 1.14 bits per heavy atom. The first-order valence-electron chi connectivity index (χ1n) is 6.79. The molecule has 1 heterocycles. The zero-order valence-electron chi connectivity index (χ0n) is 11.6. The first kappa shape index (κ1) is 14.4. The number of rotatable bonds is 4. The highest BCUT2D eigenvalue weighted by molar-refractivity contribution is 5.77. The number of benzene rings is 2. The number of nitrogens with zero attached hydrogens (tertiary/aromatic N) is 1. The van der Waals surface area contributed by atoms with Gasteiger partial charge in [0.15, 0.2) is 6.29 Å². The maximum atomic E-state index is 11.0. The monoisotopic (exact) mass is 295 g/mol. The van der Waals surface area contributed by atoms with Crippen LogP contribution >= 0.6 is 0 Å². The zero-order chi connectivity index (χ0) is 15.4. The summed E-state index contributed by atoms with van der Waals surface area (Å²) in [5, 5.41) is 9.42. The van der Waals surface area contributed by atoms with E-state index in [2.05, 4.69) is 0 Å². The van der Waals surface area contributed by atoms with E-state index < -0.39 is 12.1 Å². The Bertz CT molecular complexity index is 710. The van der Waals surface area contributed by atoms with Gasteiger partial charge in [0, 0.05) is 17.5 Å². The molecule has 2 unspecified atom stereocenters. The Hall–Kier alpha value is -2.52. The van der Waals surface area contributed by atoms with Gasteiger partial charge in [-0.25, -0.2) is 0 Å². The molecule has 0 saturated carbocycles. The van der Waals surface area contributed by atoms with Gasteiger partial charge < -0.3 is 0 Å². The van der Waals surface area contributed by atoms with E-state index in [1.165, 1.54) is 0 Å². The molecule has 22 heavy (non-hydrogen) atoms. The summed E-state index contributed by atoms with van der Waals surface area (Å²) >= 11 is 0. The fourth-order valence-corrected chi connectivity index (χ4v) is 2.32. The highest BCUT2D eigenvalue weighted by Gasteiger charge is 2.46. The van der Waals surface area contributed by atoms with Crippen LogP contribution in [0.1, 0.15) is 21.5 Å². The van der Waals surface area contributed by atoms with Crippen molar-refractivity contribution >= 4 is 6.29 Å². The molecule has 5 nitrogen and oxygen atoms in total. The number of ether oxygens (including phenoxy) is 1. The van der Waals surface area contributed by atoms with Gasteiger partial charge in [0.2, 0.25) is 0 Å². The second-order valence-corrected chi connectivity index (χ2v) is 4.84. The van der Waals surface area contributed by atoms with Crippen LogP contribution in [0.15, 0.2) is 54.6 Å². The number of carbonyl (C=O) groups is 1. The van der Waals surface area contributed by atoms with Crippen LogP contribution in [0.3, 0.4) is 0 Å². The summed E-state index contributed by atoms with van der Waals surface area (Å²) < 4.78 is 5.67. The quantitative estimate of drug-likeness (QED) is 0.641. The molecule has 0 radical (unpaired) electrons. The lowest BCUT2D eigenvalue weighted by Gasteiger charge is -2.17. The fraction of sp³-hybridized carbons (Fsp3) is 0.176. The standard InChI is InChI=1S/C17H13NO4/c18-12-17(15-8-2-1-3-9-15)20-16(21-22-17)10-13-6-4-5-7-14(13)11-19/h1-9,11,16H,10H2. The van der Waals surface area contributed by atoms with Crippen LogP contribution in [0, 0.1) is 11.3 Å². The third kappa shape index (κ3) is 2.63. The number of carbonyl (C=O) groups excluding carboxylic acids is 1. The van der Waals surface area contributed by atoms with Crippen LogP contribution < -0.4 is 0 Å². The number of hydrogen-bond acceptors (Lipinski definition) is 5. The summed E-state index contributed by atoms with van der Waals surface area (Å²) in [6, 6.07) is 18.0. The number of nitriles is 1. The summed E-state index contributed by atoms with van der Waals surface area (Å²) in [4.78, 5) is 21.4. The number of hydrogen-bond donors (Lipinski definition) is 0. The smallest absolute Gasteiger partial charge is 0.299 e. The van der Waals surface area contributed by atoms with E-state index in [9.17, 15) is 10.1 Å². The molecule has 1 aliphatic heterocycles. The molecule has 0 spiro atoms. The maximum absolute atomic E-state index is 11.0. The molecule has 2 aromatic carbocycles. The van der Waals surface area contributed by atoms with Crippen molar-refractivity contribution in [3.8, 4) is 6.07 Å². The predicted molar refractivity (Wildman–Crippen MR) is 76.3 cm³/mol. The Labute approximate surface area is 127 Å². The van der Waals surface area contributed by atoms with Crippen LogP contribution in [0.5, 0.6) is 0 Å². The molecule has 5 heteroatoms. The van der Waals surface area contributed by atoms with Crippen LogP contribution in [-0.4, -0.2) is 12.6 Å². The summed E-state index contributed by atoms with van der Waals surface area (Å²) in [5.74, 6) is -1.58. The van der Waals surface area contributed by atoms with Crippen LogP contribution in [-0.2, 0) is 26.7 Å². The number of aldehydes is 1. The first-order valence-corrected chi connectivity index (χ1v) is 6.79. The molecular weight excluding hydrogens is 282 g/mol. The molecule has 0 aliphatic carbocycles. The molecule has 0 aromatic heterocycles. The Morgan fingerprint density at radius 3 is 2.59 bits per heavy atom. The lowest BCUT2D eigenvalue weighted by Crippen LogP contribution is -2.26. The van der Waals surface area contributed by atoms with E-state index >= 15 is 0 Å². The predicted octanol–water partition coefficient (Wildman–Crippen LogP) is 2.72. The largest absolute Gasteiger partial charge is 0.318 e. The second-order valence-electron chi connectivity index (χ2n) is 4.84. The van der Waals surface area contributed by atoms with Crippen LogP contribution in [0.4, 0.5) is 0 Å². The normalized spacial score (nSPS) is 23.9. The van der Waals surface area contributed by atoms with Gasteiger partial charge in [-0.05, 0) is 5.56 Å². The average molecular weight is 295 g/mol. The van der Waals surface area contributed by atoms with Gasteiger partial charge in [0.05, 0.1) is 0 Å². The van der Waals surface area contributed by atoms with E-state index in [1.54, 1.807) is 36.4 Å². The molecule has 1 aliphatic rings. The highest BCUT2D eigenvalue weighted by atomic mass is 17.3. The zero-order valence-corrected chi connectivity index (χ0v) is 11.6. The lowest BCUT2D eigenvalue weighted by molar-refractivity contribution is -0.319. The van der Waals surface area contributed by atoms with Crippen molar-refractivity contribution in [2.75, 3.05) is 0 Å². The van der Waals surface area contributed by atoms with Gasteiger partial charge in [0.1, 0.15) is 12.4 Å². The molecule has 1 fully saturated rings. The minimum absolute atomic E-state index is 0.311. The summed E-state index contributed by atoms with van der Waals surface area (Å²) in [7, 11) is 0. The molecule has 2 atom stereocenters. The third-order valence-corrected chi connectivity index (χ3v) is 3.44. The summed E-state index contributed by atoms with van der Waals surface area (Å²) in [6.45, 7) is 0. The van der Waals surface area contributed by atoms with Gasteiger partial charge in [-0.15, -0.1) is 0 Å². The van der Waals surface area contributed by atoms with E-state index in [0.717, 1.165) is 11.8 Å². The van der Waals surface area contributed by atoms with E-state index in [4.69, 9.17) is 14.5 Å². The molecule has 2 aromatic rings. The Balaban J connectivity index is 1.80. The van der Waals surface area contributed by atoms with Crippen LogP contribution in [0.2, 0.25) is 0 Å². The molecular formula is C17H13NO4. The van der Waals surface area contributed by atoms with Gasteiger partial charge in [0.25, 0.3) is 0 Å². The molecule has 0 N–H and O–H groups in total. The van der Waals surface area contributed by atoms with Crippen molar-refractivity contribution in [3.05, 3.63) is 71.3 Å². The first-order chi connectivity index (χ1) is 10.8. The third-order valence-electron chi connectivity index (χ3n) is 3.44. The van der Waals surface area contributed by atoms with Crippen molar-refractivity contribution in [1.82, 2.24) is 0 Å². The van der Waals surface area contributed by atoms with Crippen LogP contribution in [0.25, 0.3) is 0 Å². The molecule has 0 amide bonds. The summed E-state index contributed by atoms with van der Waals surface area (Å²) in [5.41, 5.74) is 1.89. The Kier molecular flexibility index (Phi) is 3.98. The van der Waals surface area contributed by atoms with E-state index in [-0.39, 0.29) is 0 Å². The lowest BCUT2D eigenvalue weighted by atomic mass is 10.0. The van der Waals surface area contributed by atoms with E-state index in [0.29, 0.717) is 17.5 Å². The second kappa shape index (κ2) is 6.08. The topological polar surface area (TPSA) is 68.5 Å². The summed E-state index contributed by atoms with van der Waals surface area (Å²) in [6.07, 6.45) is 0.325. The molecule has 3 rings (SSSR count). The van der Waals surface area contributed by atoms with Crippen molar-refractivity contribution < 1.29 is 19.3 Å². The average Bonchev–Trinajstić information content (AvgIpc) is 3.01. The van der Waals surface area contributed by atoms with Crippen molar-refractivity contribution in [2.45, 2.75) is 18.5 Å². The molecule has 110 valence electrons. The Morgan fingerprint density at radius 2 is 1.86 bits per heavy atom. The minimum Gasteiger partial charge on any atom is -0.299 e. The minimum atomic E-state index is -1.58. The molecule has 1 saturated heterocycles. The van der Waals surface area contributed by atoms with Crippen molar-refractivity contribution in [1.29, 1.82) is 5.26 Å². The van der Waals surface area contributed by atoms with Gasteiger partial charge in [-0.1, -0.05) is 54.6 Å². The van der Waals surface area contributed by atoms with Crippen molar-refractivity contribution in [2.24, 2.45) is 0 Å².